The molecule has 0 bridgehead atoms. The number of para-hydroxylation sites is 1. The Hall–Kier alpha value is -1.42. The molecule has 11 heavy (non-hydrogen) atoms. The second-order valence-corrected chi connectivity index (χ2v) is 2.20. The minimum absolute atomic E-state index is 0. The molecule has 4 nitrogen and oxygen atoms in total. The van der Waals surface area contributed by atoms with E-state index in [1.165, 1.54) is 0 Å². The monoisotopic (exact) mass is 150 g/mol. The van der Waals surface area contributed by atoms with Crippen molar-refractivity contribution in [3.8, 4) is 0 Å². The summed E-state index contributed by atoms with van der Waals surface area (Å²) in [7, 11) is 1.88. The lowest BCUT2D eigenvalue weighted by molar-refractivity contribution is 0.736. The molecule has 0 aliphatic heterocycles. The van der Waals surface area contributed by atoms with E-state index >= 15 is 0 Å². The van der Waals surface area contributed by atoms with Crippen LogP contribution in [0.4, 0.5) is 0 Å². The molecule has 0 aliphatic rings. The number of nitrogens with zero attached hydrogens (tertiary/aromatic N) is 3. The molecule has 3 N–H and O–H groups in total. The smallest absolute Gasteiger partial charge is 0.113 e. The predicted molar refractivity (Wildman–Crippen MR) is 43.5 cm³/mol. The molecule has 0 radical (unpaired) electrons. The van der Waals surface area contributed by atoms with Crippen LogP contribution in [-0.2, 0) is 7.05 Å². The van der Waals surface area contributed by atoms with E-state index in [1.807, 2.05) is 31.3 Å². The van der Waals surface area contributed by atoms with Gasteiger partial charge < -0.3 is 6.15 Å². The Kier molecular flexibility index (Phi) is 1.87. The fourth-order valence-electron chi connectivity index (χ4n) is 0.986. The van der Waals surface area contributed by atoms with Crippen molar-refractivity contribution < 1.29 is 0 Å². The molecule has 0 saturated carbocycles. The van der Waals surface area contributed by atoms with E-state index in [-0.39, 0.29) is 6.15 Å². The van der Waals surface area contributed by atoms with E-state index in [0.29, 0.717) is 0 Å². The van der Waals surface area contributed by atoms with Crippen LogP contribution in [0.25, 0.3) is 11.0 Å². The van der Waals surface area contributed by atoms with E-state index in [1.54, 1.807) is 4.68 Å². The highest BCUT2D eigenvalue weighted by atomic mass is 15.4. The van der Waals surface area contributed by atoms with Crippen molar-refractivity contribution in [3.63, 3.8) is 0 Å². The van der Waals surface area contributed by atoms with Crippen molar-refractivity contribution in [1.29, 1.82) is 0 Å². The van der Waals surface area contributed by atoms with Gasteiger partial charge in [-0.05, 0) is 12.1 Å². The minimum atomic E-state index is 0. The van der Waals surface area contributed by atoms with Crippen LogP contribution in [0.5, 0.6) is 0 Å². The average Bonchev–Trinajstić information content (AvgIpc) is 2.34. The van der Waals surface area contributed by atoms with Gasteiger partial charge in [0.1, 0.15) is 5.52 Å². The van der Waals surface area contributed by atoms with Crippen molar-refractivity contribution in [2.75, 3.05) is 0 Å². The topological polar surface area (TPSA) is 65.7 Å². The Bertz CT molecular complexity index is 352. The van der Waals surface area contributed by atoms with Crippen molar-refractivity contribution in [1.82, 2.24) is 21.1 Å². The molecule has 58 valence electrons. The van der Waals surface area contributed by atoms with Crippen LogP contribution in [0.15, 0.2) is 24.3 Å². The number of aryl methyl sites for hydroxylation is 1. The third-order valence-electron chi connectivity index (χ3n) is 1.52. The number of hydrogen-bond acceptors (Lipinski definition) is 3. The summed E-state index contributed by atoms with van der Waals surface area (Å²) in [6.45, 7) is 0. The van der Waals surface area contributed by atoms with Gasteiger partial charge >= 0.3 is 0 Å². The normalized spacial score (nSPS) is 9.55. The number of benzene rings is 1. The summed E-state index contributed by atoms with van der Waals surface area (Å²) in [5.74, 6) is 0. The quantitative estimate of drug-likeness (QED) is 0.612. The lowest BCUT2D eigenvalue weighted by Crippen LogP contribution is -1.88. The molecule has 1 aromatic heterocycles. The molecular weight excluding hydrogens is 140 g/mol. The summed E-state index contributed by atoms with van der Waals surface area (Å²) in [6, 6.07) is 7.88. The zero-order chi connectivity index (χ0) is 6.97. The maximum absolute atomic E-state index is 3.93. The van der Waals surface area contributed by atoms with Gasteiger partial charge in [0.05, 0.1) is 5.52 Å². The minimum Gasteiger partial charge on any atom is -0.344 e. The van der Waals surface area contributed by atoms with Gasteiger partial charge in [0, 0.05) is 7.05 Å². The Balaban J connectivity index is 0.000000605. The van der Waals surface area contributed by atoms with Gasteiger partial charge in [-0.3, -0.25) is 0 Å². The first kappa shape index (κ1) is 7.68. The molecule has 4 heteroatoms. The fourth-order valence-corrected chi connectivity index (χ4v) is 0.986. The third kappa shape index (κ3) is 1.08. The van der Waals surface area contributed by atoms with E-state index in [9.17, 15) is 0 Å². The number of rotatable bonds is 0. The summed E-state index contributed by atoms with van der Waals surface area (Å²) in [4.78, 5) is 0. The van der Waals surface area contributed by atoms with E-state index in [4.69, 9.17) is 0 Å². The lowest BCUT2D eigenvalue weighted by atomic mass is 10.3. The van der Waals surface area contributed by atoms with Crippen LogP contribution in [0.3, 0.4) is 0 Å². The molecule has 0 fully saturated rings. The molecule has 2 rings (SSSR count). The van der Waals surface area contributed by atoms with E-state index < -0.39 is 0 Å². The van der Waals surface area contributed by atoms with Crippen LogP contribution in [0.2, 0.25) is 0 Å². The average molecular weight is 150 g/mol. The fraction of sp³-hybridized carbons (Fsp3) is 0.143. The Labute approximate surface area is 64.4 Å². The molecule has 0 unspecified atom stereocenters. The lowest BCUT2D eigenvalue weighted by Gasteiger charge is -1.87. The van der Waals surface area contributed by atoms with Gasteiger partial charge in [-0.1, -0.05) is 17.3 Å². The summed E-state index contributed by atoms with van der Waals surface area (Å²) in [5, 5.41) is 7.79. The second-order valence-electron chi connectivity index (χ2n) is 2.20. The van der Waals surface area contributed by atoms with Crippen molar-refractivity contribution in [2.24, 2.45) is 7.05 Å². The third-order valence-corrected chi connectivity index (χ3v) is 1.52. The molecule has 1 heterocycles. The zero-order valence-electron chi connectivity index (χ0n) is 6.36. The predicted octanol–water partition coefficient (Wildman–Crippen LogP) is 1.13. The Morgan fingerprint density at radius 2 is 2.00 bits per heavy atom. The molecule has 0 spiro atoms. The van der Waals surface area contributed by atoms with E-state index in [0.717, 1.165) is 11.0 Å². The van der Waals surface area contributed by atoms with E-state index in [2.05, 4.69) is 10.3 Å². The van der Waals surface area contributed by atoms with Crippen LogP contribution >= 0.6 is 0 Å². The molecule has 0 saturated heterocycles. The first-order valence-corrected chi connectivity index (χ1v) is 3.12. The van der Waals surface area contributed by atoms with Gasteiger partial charge in [0.25, 0.3) is 0 Å². The van der Waals surface area contributed by atoms with Gasteiger partial charge in [0.15, 0.2) is 0 Å². The highest BCUT2D eigenvalue weighted by Crippen LogP contribution is 2.06. The van der Waals surface area contributed by atoms with Crippen LogP contribution in [0.1, 0.15) is 0 Å². The Morgan fingerprint density at radius 1 is 1.27 bits per heavy atom. The van der Waals surface area contributed by atoms with Crippen molar-refractivity contribution in [3.05, 3.63) is 24.3 Å². The first-order chi connectivity index (χ1) is 4.88. The van der Waals surface area contributed by atoms with Gasteiger partial charge in [0.2, 0.25) is 0 Å². The Morgan fingerprint density at radius 3 is 2.73 bits per heavy atom. The number of hydrogen-bond donors (Lipinski definition) is 1. The molecule has 0 aliphatic carbocycles. The first-order valence-electron chi connectivity index (χ1n) is 3.12. The summed E-state index contributed by atoms with van der Waals surface area (Å²) in [5.41, 5.74) is 2.02. The molecule has 0 atom stereocenters. The molecule has 0 amide bonds. The molecule has 2 aromatic rings. The van der Waals surface area contributed by atoms with Crippen molar-refractivity contribution in [2.45, 2.75) is 0 Å². The van der Waals surface area contributed by atoms with Gasteiger partial charge in [-0.2, -0.15) is 0 Å². The zero-order valence-corrected chi connectivity index (χ0v) is 6.36. The largest absolute Gasteiger partial charge is 0.344 e. The molecule has 1 aromatic carbocycles. The highest BCUT2D eigenvalue weighted by Gasteiger charge is 1.95. The second kappa shape index (κ2) is 2.67. The SMILES string of the molecule is Cn1nnc2ccccc21.N. The summed E-state index contributed by atoms with van der Waals surface area (Å²) >= 11 is 0. The molecular formula is C7H10N4. The summed E-state index contributed by atoms with van der Waals surface area (Å²) in [6.07, 6.45) is 0. The number of fused-ring (bicyclic) bond motifs is 1. The van der Waals surface area contributed by atoms with Crippen LogP contribution in [-0.4, -0.2) is 15.0 Å². The number of aromatic nitrogens is 3. The van der Waals surface area contributed by atoms with Gasteiger partial charge in [-0.25, -0.2) is 4.68 Å². The van der Waals surface area contributed by atoms with Gasteiger partial charge in [-0.15, -0.1) is 5.10 Å². The summed E-state index contributed by atoms with van der Waals surface area (Å²) < 4.78 is 1.76. The standard InChI is InChI=1S/C7H7N3.H3N/c1-10-7-5-3-2-4-6(7)8-9-10;/h2-5H,1H3;1H3. The maximum Gasteiger partial charge on any atom is 0.113 e. The van der Waals surface area contributed by atoms with Crippen molar-refractivity contribution >= 4 is 11.0 Å². The maximum atomic E-state index is 3.93. The highest BCUT2D eigenvalue weighted by molar-refractivity contribution is 5.73. The van der Waals surface area contributed by atoms with Crippen LogP contribution in [0, 0.1) is 0 Å². The van der Waals surface area contributed by atoms with Crippen LogP contribution < -0.4 is 6.15 Å².